The molecule has 8 fully saturated rings. The Balaban J connectivity index is 0.00000120. The Hall–Kier alpha value is -2.45. The highest BCUT2D eigenvalue weighted by atomic mass is 16.6. The fourth-order valence-corrected chi connectivity index (χ4v) is 11.0. The van der Waals surface area contributed by atoms with E-state index in [9.17, 15) is 24.0 Å². The number of esters is 5. The van der Waals surface area contributed by atoms with E-state index in [4.69, 9.17) is 18.9 Å². The molecule has 8 atom stereocenters. The number of cyclic esters (lactones) is 3. The Kier molecular flexibility index (Phi) is 16.1. The Morgan fingerprint density at radius 3 is 1.80 bits per heavy atom. The van der Waals surface area contributed by atoms with Crippen LogP contribution in [-0.2, 0) is 42.9 Å². The van der Waals surface area contributed by atoms with Gasteiger partial charge in [0.15, 0.2) is 0 Å². The van der Waals surface area contributed by atoms with Gasteiger partial charge in [0.25, 0.3) is 0 Å². The van der Waals surface area contributed by atoms with Crippen molar-refractivity contribution in [2.24, 2.45) is 70.0 Å². The van der Waals surface area contributed by atoms with Crippen LogP contribution in [0.2, 0.25) is 0 Å². The monoisotopic (exact) mass is 711 g/mol. The standard InChI is InChI=1S/C26H38O7.C9H12O2.6CH4/c1-7-24(3,22(29)31-6)13-25(4,19-14(2)20(27)32-21(19)28)23(30)33-26(5)17-9-15-8-16(11-17)12-18(26)10-15;10-9-8-6-2-1-5(3-6)7(8)4-11-9;;;;;;/h14-19H,7-13H2,1-6H3;5-8H,1-4H2;6*1H4. The Labute approximate surface area is 305 Å². The number of ether oxygens (including phenoxy) is 4. The van der Waals surface area contributed by atoms with Crippen LogP contribution in [0, 0.1) is 70.0 Å². The van der Waals surface area contributed by atoms with E-state index in [-0.39, 0.29) is 57.0 Å². The molecule has 9 heteroatoms. The molecular formula is C41H74O9. The minimum atomic E-state index is -1.40. The number of fused-ring (bicyclic) bond motifs is 5. The first-order valence-corrected chi connectivity index (χ1v) is 17.0. The van der Waals surface area contributed by atoms with Crippen LogP contribution in [0.5, 0.6) is 0 Å². The Morgan fingerprint density at radius 2 is 1.34 bits per heavy atom. The van der Waals surface area contributed by atoms with Gasteiger partial charge in [-0.3, -0.25) is 24.0 Å². The van der Waals surface area contributed by atoms with Gasteiger partial charge in [0, 0.05) is 5.92 Å². The third-order valence-corrected chi connectivity index (χ3v) is 13.5. The van der Waals surface area contributed by atoms with Gasteiger partial charge < -0.3 is 18.9 Å². The molecule has 292 valence electrons. The third kappa shape index (κ3) is 7.53. The average Bonchev–Trinajstić information content (AvgIpc) is 3.75. The van der Waals surface area contributed by atoms with Gasteiger partial charge in [-0.15, -0.1) is 0 Å². The summed E-state index contributed by atoms with van der Waals surface area (Å²) in [6.07, 6.45) is 9.97. The molecule has 0 N–H and O–H groups in total. The Bertz CT molecular complexity index is 1200. The van der Waals surface area contributed by atoms with Gasteiger partial charge in [-0.25, -0.2) is 0 Å². The summed E-state index contributed by atoms with van der Waals surface area (Å²) in [6.45, 7) is 9.64. The number of hydrogen-bond acceptors (Lipinski definition) is 9. The van der Waals surface area contributed by atoms with Crippen LogP contribution in [0.3, 0.4) is 0 Å². The summed E-state index contributed by atoms with van der Waals surface area (Å²) >= 11 is 0. The zero-order valence-corrected chi connectivity index (χ0v) is 27.2. The molecule has 9 nitrogen and oxygen atoms in total. The highest BCUT2D eigenvalue weighted by molar-refractivity contribution is 5.99. The maximum atomic E-state index is 14.1. The van der Waals surface area contributed by atoms with Crippen molar-refractivity contribution in [1.29, 1.82) is 0 Å². The summed E-state index contributed by atoms with van der Waals surface area (Å²) in [4.78, 5) is 63.1. The van der Waals surface area contributed by atoms with Crippen molar-refractivity contribution in [2.45, 2.75) is 149 Å². The third-order valence-electron chi connectivity index (χ3n) is 13.5. The molecular weight excluding hydrogens is 636 g/mol. The first-order chi connectivity index (χ1) is 20.7. The molecule has 0 amide bonds. The average molecular weight is 711 g/mol. The largest absolute Gasteiger partial charge is 0.469 e. The van der Waals surface area contributed by atoms with Gasteiger partial charge in [-0.05, 0) is 120 Å². The van der Waals surface area contributed by atoms with Crippen LogP contribution in [0.4, 0.5) is 0 Å². The number of methoxy groups -OCH3 is 1. The normalized spacial score (nSPS) is 38.5. The minimum absolute atomic E-state index is 0. The van der Waals surface area contributed by atoms with Crippen LogP contribution in [0.15, 0.2) is 0 Å². The SMILES string of the molecule is C.C.C.C.C.C.CCC(C)(CC(C)(C(=O)OC1(C)C2CC3CC(C2)CC1C3)C1C(=O)OC(=O)C1C)C(=O)OC.O=C1OCC2C3CCC(C3)C12. The molecule has 8 unspecified atom stereocenters. The fourth-order valence-electron chi connectivity index (χ4n) is 11.0. The lowest BCUT2D eigenvalue weighted by Crippen LogP contribution is -2.60. The second-order valence-corrected chi connectivity index (χ2v) is 16.0. The summed E-state index contributed by atoms with van der Waals surface area (Å²) in [7, 11) is 1.32. The van der Waals surface area contributed by atoms with E-state index in [2.05, 4.69) is 6.92 Å². The molecule has 6 saturated carbocycles. The van der Waals surface area contributed by atoms with E-state index >= 15 is 0 Å². The lowest BCUT2D eigenvalue weighted by molar-refractivity contribution is -0.217. The van der Waals surface area contributed by atoms with Crippen LogP contribution < -0.4 is 0 Å². The van der Waals surface area contributed by atoms with Gasteiger partial charge in [0.1, 0.15) is 5.60 Å². The first kappa shape index (κ1) is 47.5. The fraction of sp³-hybridized carbons (Fsp3) is 0.878. The van der Waals surface area contributed by atoms with Gasteiger partial charge in [-0.2, -0.15) is 0 Å². The van der Waals surface area contributed by atoms with E-state index in [1.165, 1.54) is 32.8 Å². The molecule has 2 aliphatic heterocycles. The summed E-state index contributed by atoms with van der Waals surface area (Å²) in [5.74, 6) is 0.504. The number of hydrogen-bond donors (Lipinski definition) is 0. The number of rotatable bonds is 7. The number of carbonyl (C=O) groups is 5. The molecule has 0 aromatic rings. The van der Waals surface area contributed by atoms with Crippen molar-refractivity contribution >= 4 is 29.8 Å². The second-order valence-electron chi connectivity index (χ2n) is 16.0. The second kappa shape index (κ2) is 16.9. The predicted molar refractivity (Wildman–Crippen MR) is 198 cm³/mol. The summed E-state index contributed by atoms with van der Waals surface area (Å²) in [6, 6.07) is 0. The molecule has 8 aliphatic rings. The molecule has 50 heavy (non-hydrogen) atoms. The van der Waals surface area contributed by atoms with Gasteiger partial charge >= 0.3 is 29.8 Å². The zero-order valence-electron chi connectivity index (χ0n) is 27.2. The highest BCUT2D eigenvalue weighted by Crippen LogP contribution is 2.60. The zero-order chi connectivity index (χ0) is 31.8. The summed E-state index contributed by atoms with van der Waals surface area (Å²) in [5, 5.41) is 0. The highest BCUT2D eigenvalue weighted by Gasteiger charge is 2.63. The lowest BCUT2D eigenvalue weighted by atomic mass is 9.50. The Morgan fingerprint density at radius 1 is 0.800 bits per heavy atom. The lowest BCUT2D eigenvalue weighted by Gasteiger charge is -2.59. The van der Waals surface area contributed by atoms with Gasteiger partial charge in [0.05, 0.1) is 42.3 Å². The van der Waals surface area contributed by atoms with Crippen LogP contribution in [0.1, 0.15) is 143 Å². The van der Waals surface area contributed by atoms with E-state index in [0.717, 1.165) is 50.0 Å². The molecule has 2 saturated heterocycles. The molecule has 0 aromatic heterocycles. The summed E-state index contributed by atoms with van der Waals surface area (Å²) < 4.78 is 21.4. The minimum Gasteiger partial charge on any atom is -0.469 e. The molecule has 6 bridgehead atoms. The van der Waals surface area contributed by atoms with Crippen LogP contribution >= 0.6 is 0 Å². The predicted octanol–water partition coefficient (Wildman–Crippen LogP) is 9.09. The smallest absolute Gasteiger partial charge is 0.318 e. The summed E-state index contributed by atoms with van der Waals surface area (Å²) in [5.41, 5.74) is -3.01. The molecule has 0 aromatic carbocycles. The quantitative estimate of drug-likeness (QED) is 0.145. The molecule has 0 spiro atoms. The van der Waals surface area contributed by atoms with Crippen molar-refractivity contribution in [3.05, 3.63) is 0 Å². The maximum Gasteiger partial charge on any atom is 0.318 e. The van der Waals surface area contributed by atoms with E-state index in [1.54, 1.807) is 20.8 Å². The van der Waals surface area contributed by atoms with Crippen molar-refractivity contribution in [3.8, 4) is 0 Å². The number of carbonyl (C=O) groups excluding carboxylic acids is 5. The van der Waals surface area contributed by atoms with Crippen molar-refractivity contribution < 1.29 is 42.9 Å². The molecule has 0 radical (unpaired) electrons. The van der Waals surface area contributed by atoms with Gasteiger partial charge in [0.2, 0.25) is 0 Å². The molecule has 2 heterocycles. The van der Waals surface area contributed by atoms with Gasteiger partial charge in [-0.1, -0.05) is 58.4 Å². The topological polar surface area (TPSA) is 122 Å². The molecule has 6 aliphatic carbocycles. The van der Waals surface area contributed by atoms with E-state index in [1.807, 2.05) is 6.92 Å². The first-order valence-electron chi connectivity index (χ1n) is 17.0. The maximum absolute atomic E-state index is 14.1. The van der Waals surface area contributed by atoms with Crippen molar-refractivity contribution in [2.75, 3.05) is 13.7 Å². The van der Waals surface area contributed by atoms with Crippen molar-refractivity contribution in [3.63, 3.8) is 0 Å². The van der Waals surface area contributed by atoms with Crippen LogP contribution in [-0.4, -0.2) is 49.2 Å². The molecule has 8 rings (SSSR count). The van der Waals surface area contributed by atoms with Crippen LogP contribution in [0.25, 0.3) is 0 Å². The van der Waals surface area contributed by atoms with Crippen molar-refractivity contribution in [1.82, 2.24) is 0 Å². The van der Waals surface area contributed by atoms with E-state index < -0.39 is 52.1 Å². The van der Waals surface area contributed by atoms with E-state index in [0.29, 0.717) is 36.0 Å².